The van der Waals surface area contributed by atoms with Crippen molar-refractivity contribution in [1.82, 2.24) is 10.2 Å². The third kappa shape index (κ3) is 8.29. The number of carbonyl (C=O) groups is 2. The van der Waals surface area contributed by atoms with E-state index in [-0.39, 0.29) is 17.9 Å². The van der Waals surface area contributed by atoms with Gasteiger partial charge in [-0.3, -0.25) is 9.59 Å². The smallest absolute Gasteiger partial charge is 0.243 e. The Bertz CT molecular complexity index is 1070. The molecule has 3 aromatic rings. The minimum atomic E-state index is -0.587. The lowest BCUT2D eigenvalue weighted by atomic mass is 10.0. The van der Waals surface area contributed by atoms with Gasteiger partial charge in [-0.25, -0.2) is 0 Å². The third-order valence-electron chi connectivity index (χ3n) is 6.21. The Labute approximate surface area is 214 Å². The fraction of sp³-hybridized carbons (Fsp3) is 0.333. The van der Waals surface area contributed by atoms with Crippen molar-refractivity contribution in [2.75, 3.05) is 5.75 Å². The highest BCUT2D eigenvalue weighted by molar-refractivity contribution is 7.99. The summed E-state index contributed by atoms with van der Waals surface area (Å²) in [6.07, 6.45) is 1.31. The van der Waals surface area contributed by atoms with E-state index in [0.29, 0.717) is 18.7 Å². The minimum absolute atomic E-state index is 0.0191. The second kappa shape index (κ2) is 13.7. The molecule has 0 heterocycles. The number of nitrogens with one attached hydrogen (secondary N) is 1. The first-order valence-electron chi connectivity index (χ1n) is 12.3. The number of rotatable bonds is 12. The number of amides is 2. The summed E-state index contributed by atoms with van der Waals surface area (Å²) in [5.41, 5.74) is 4.40. The average molecular weight is 489 g/mol. The molecule has 0 spiro atoms. The molecule has 0 aliphatic carbocycles. The van der Waals surface area contributed by atoms with Gasteiger partial charge < -0.3 is 10.2 Å². The number of carbonyl (C=O) groups excluding carboxylic acids is 2. The molecule has 0 aliphatic rings. The fourth-order valence-corrected chi connectivity index (χ4v) is 4.75. The van der Waals surface area contributed by atoms with Gasteiger partial charge >= 0.3 is 0 Å². The van der Waals surface area contributed by atoms with Gasteiger partial charge in [0.1, 0.15) is 6.04 Å². The number of thioether (sulfide) groups is 1. The van der Waals surface area contributed by atoms with Crippen molar-refractivity contribution in [3.8, 4) is 0 Å². The van der Waals surface area contributed by atoms with Gasteiger partial charge in [0.25, 0.3) is 0 Å². The lowest BCUT2D eigenvalue weighted by Crippen LogP contribution is -2.52. The molecule has 4 nitrogen and oxygen atoms in total. The maximum absolute atomic E-state index is 13.7. The summed E-state index contributed by atoms with van der Waals surface area (Å²) in [6, 6.07) is 27.6. The molecule has 3 rings (SSSR count). The quantitative estimate of drug-likeness (QED) is 0.351. The molecule has 0 aliphatic heterocycles. The maximum atomic E-state index is 13.7. The standard InChI is InChI=1S/C30H36N2O2S/c1-4-24(3)31-30(34)28(19-25-14-7-5-8-15-25)32(20-27-18-12-11-13-23(27)2)29(33)22-35-21-26-16-9-6-10-17-26/h5-18,24,28H,4,19-22H2,1-3H3,(H,31,34)/t24-,28+/m0/s1. The van der Waals surface area contributed by atoms with Crippen LogP contribution in [0.1, 0.15) is 42.5 Å². The molecule has 0 fully saturated rings. The van der Waals surface area contributed by atoms with Crippen LogP contribution in [0.15, 0.2) is 84.9 Å². The molecular weight excluding hydrogens is 452 g/mol. The van der Waals surface area contributed by atoms with E-state index in [2.05, 4.69) is 17.4 Å². The van der Waals surface area contributed by atoms with Crippen LogP contribution in [0.2, 0.25) is 0 Å². The van der Waals surface area contributed by atoms with Crippen LogP contribution in [0.4, 0.5) is 0 Å². The monoisotopic (exact) mass is 488 g/mol. The Balaban J connectivity index is 1.87. The molecule has 2 atom stereocenters. The van der Waals surface area contributed by atoms with E-state index in [1.807, 2.05) is 93.6 Å². The van der Waals surface area contributed by atoms with E-state index in [9.17, 15) is 9.59 Å². The molecule has 1 N–H and O–H groups in total. The molecule has 5 heteroatoms. The van der Waals surface area contributed by atoms with Crippen LogP contribution in [-0.4, -0.2) is 34.6 Å². The van der Waals surface area contributed by atoms with Gasteiger partial charge in [0.15, 0.2) is 0 Å². The highest BCUT2D eigenvalue weighted by Crippen LogP contribution is 2.20. The second-order valence-corrected chi connectivity index (χ2v) is 9.94. The summed E-state index contributed by atoms with van der Waals surface area (Å²) in [5.74, 6) is 0.961. The van der Waals surface area contributed by atoms with Crippen molar-refractivity contribution >= 4 is 23.6 Å². The van der Waals surface area contributed by atoms with Crippen molar-refractivity contribution < 1.29 is 9.59 Å². The van der Waals surface area contributed by atoms with Gasteiger partial charge in [-0.05, 0) is 42.5 Å². The number of aryl methyl sites for hydroxylation is 1. The summed E-state index contributed by atoms with van der Waals surface area (Å²) < 4.78 is 0. The molecule has 0 saturated heterocycles. The molecule has 0 aromatic heterocycles. The van der Waals surface area contributed by atoms with Crippen LogP contribution in [0, 0.1) is 6.92 Å². The lowest BCUT2D eigenvalue weighted by molar-refractivity contribution is -0.139. The van der Waals surface area contributed by atoms with E-state index in [4.69, 9.17) is 0 Å². The Morgan fingerprint density at radius 3 is 2.11 bits per heavy atom. The van der Waals surface area contributed by atoms with E-state index in [1.54, 1.807) is 16.7 Å². The summed E-state index contributed by atoms with van der Waals surface area (Å²) >= 11 is 1.59. The highest BCUT2D eigenvalue weighted by atomic mass is 32.2. The van der Waals surface area contributed by atoms with Crippen LogP contribution >= 0.6 is 11.8 Å². The van der Waals surface area contributed by atoms with Crippen LogP contribution in [0.3, 0.4) is 0 Å². The summed E-state index contributed by atoms with van der Waals surface area (Å²) in [7, 11) is 0. The van der Waals surface area contributed by atoms with Gasteiger partial charge in [-0.15, -0.1) is 11.8 Å². The van der Waals surface area contributed by atoms with Gasteiger partial charge in [-0.1, -0.05) is 91.9 Å². The summed E-state index contributed by atoms with van der Waals surface area (Å²) in [4.78, 5) is 29.0. The Morgan fingerprint density at radius 2 is 1.49 bits per heavy atom. The Kier molecular flexibility index (Phi) is 10.4. The van der Waals surface area contributed by atoms with Gasteiger partial charge in [-0.2, -0.15) is 0 Å². The van der Waals surface area contributed by atoms with Gasteiger partial charge in [0, 0.05) is 24.8 Å². The SMILES string of the molecule is CC[C@H](C)NC(=O)[C@@H](Cc1ccccc1)N(Cc1ccccc1C)C(=O)CSCc1ccccc1. The average Bonchev–Trinajstić information content (AvgIpc) is 2.88. The number of hydrogen-bond acceptors (Lipinski definition) is 3. The largest absolute Gasteiger partial charge is 0.352 e. The van der Waals surface area contributed by atoms with Crippen molar-refractivity contribution in [1.29, 1.82) is 0 Å². The maximum Gasteiger partial charge on any atom is 0.243 e. The van der Waals surface area contributed by atoms with E-state index < -0.39 is 6.04 Å². The molecule has 0 radical (unpaired) electrons. The Morgan fingerprint density at radius 1 is 0.886 bits per heavy atom. The topological polar surface area (TPSA) is 49.4 Å². The van der Waals surface area contributed by atoms with Crippen LogP contribution in [0.25, 0.3) is 0 Å². The molecule has 0 bridgehead atoms. The lowest BCUT2D eigenvalue weighted by Gasteiger charge is -2.32. The van der Waals surface area contributed by atoms with Crippen molar-refractivity contribution in [2.45, 2.75) is 58.0 Å². The second-order valence-electron chi connectivity index (χ2n) is 8.95. The van der Waals surface area contributed by atoms with E-state index in [0.717, 1.165) is 28.9 Å². The first-order valence-corrected chi connectivity index (χ1v) is 13.4. The first-order chi connectivity index (χ1) is 17.0. The molecule has 2 amide bonds. The summed E-state index contributed by atoms with van der Waals surface area (Å²) in [6.45, 7) is 6.50. The molecule has 3 aromatic carbocycles. The predicted octanol–water partition coefficient (Wildman–Crippen LogP) is 5.78. The summed E-state index contributed by atoms with van der Waals surface area (Å²) in [5, 5.41) is 3.13. The van der Waals surface area contributed by atoms with Crippen LogP contribution < -0.4 is 5.32 Å². The van der Waals surface area contributed by atoms with Crippen molar-refractivity contribution in [3.05, 3.63) is 107 Å². The number of hydrogen-bond donors (Lipinski definition) is 1. The zero-order valence-corrected chi connectivity index (χ0v) is 21.8. The molecular formula is C30H36N2O2S. The highest BCUT2D eigenvalue weighted by Gasteiger charge is 2.31. The fourth-order valence-electron chi connectivity index (χ4n) is 3.88. The van der Waals surface area contributed by atoms with Crippen LogP contribution in [-0.2, 0) is 28.3 Å². The van der Waals surface area contributed by atoms with E-state index >= 15 is 0 Å². The minimum Gasteiger partial charge on any atom is -0.352 e. The molecule has 184 valence electrons. The van der Waals surface area contributed by atoms with Crippen LogP contribution in [0.5, 0.6) is 0 Å². The van der Waals surface area contributed by atoms with Crippen molar-refractivity contribution in [3.63, 3.8) is 0 Å². The normalized spacial score (nSPS) is 12.5. The first kappa shape index (κ1) is 26.6. The molecule has 0 saturated carbocycles. The number of nitrogens with zero attached hydrogens (tertiary/aromatic N) is 1. The van der Waals surface area contributed by atoms with Gasteiger partial charge in [0.2, 0.25) is 11.8 Å². The zero-order chi connectivity index (χ0) is 25.0. The van der Waals surface area contributed by atoms with Gasteiger partial charge in [0.05, 0.1) is 5.75 Å². The molecule has 0 unspecified atom stereocenters. The predicted molar refractivity (Wildman–Crippen MR) is 146 cm³/mol. The van der Waals surface area contributed by atoms with E-state index in [1.165, 1.54) is 5.56 Å². The van der Waals surface area contributed by atoms with Crippen molar-refractivity contribution in [2.24, 2.45) is 0 Å². The Hall–Kier alpha value is -3.05. The number of benzene rings is 3. The molecule has 35 heavy (non-hydrogen) atoms. The zero-order valence-electron chi connectivity index (χ0n) is 20.9. The third-order valence-corrected chi connectivity index (χ3v) is 7.20.